The van der Waals surface area contributed by atoms with Crippen LogP contribution < -0.4 is 10.2 Å². The lowest BCUT2D eigenvalue weighted by molar-refractivity contribution is -0.137. The Bertz CT molecular complexity index is 985. The van der Waals surface area contributed by atoms with Gasteiger partial charge >= 0.3 is 12.1 Å². The molecule has 1 aliphatic rings. The summed E-state index contributed by atoms with van der Waals surface area (Å²) in [6, 6.07) is 6.16. The molecule has 1 aromatic heterocycles. The van der Waals surface area contributed by atoms with Gasteiger partial charge in [-0.1, -0.05) is 0 Å². The van der Waals surface area contributed by atoms with Crippen molar-refractivity contribution in [2.45, 2.75) is 20.0 Å². The summed E-state index contributed by atoms with van der Waals surface area (Å²) in [7, 11) is 0. The van der Waals surface area contributed by atoms with Gasteiger partial charge in [0, 0.05) is 25.4 Å². The molecule has 1 N–H and O–H groups in total. The van der Waals surface area contributed by atoms with Crippen LogP contribution in [-0.4, -0.2) is 48.3 Å². The average Bonchev–Trinajstić information content (AvgIpc) is 3.31. The molecular formula is C21H22FN3O5. The Morgan fingerprint density at radius 3 is 2.87 bits per heavy atom. The van der Waals surface area contributed by atoms with Gasteiger partial charge < -0.3 is 19.4 Å². The molecule has 0 unspecified atom stereocenters. The van der Waals surface area contributed by atoms with Crippen molar-refractivity contribution in [1.82, 2.24) is 9.88 Å². The zero-order valence-corrected chi connectivity index (χ0v) is 16.6. The fraction of sp³-hybridized carbons (Fsp3) is 0.286. The van der Waals surface area contributed by atoms with Crippen molar-refractivity contribution in [2.75, 3.05) is 24.6 Å². The second kappa shape index (κ2) is 9.25. The van der Waals surface area contributed by atoms with Crippen molar-refractivity contribution >= 4 is 29.7 Å². The number of hydrogen-bond donors (Lipinski definition) is 1. The number of carbonyl (C=O) groups is 3. The van der Waals surface area contributed by atoms with Gasteiger partial charge in [-0.3, -0.25) is 9.69 Å². The smallest absolute Gasteiger partial charge is 0.414 e. The van der Waals surface area contributed by atoms with Gasteiger partial charge in [0.2, 0.25) is 5.91 Å². The summed E-state index contributed by atoms with van der Waals surface area (Å²) in [5, 5.41) is 2.59. The Hall–Kier alpha value is -3.62. The van der Waals surface area contributed by atoms with Gasteiger partial charge in [0.25, 0.3) is 0 Å². The van der Waals surface area contributed by atoms with Crippen LogP contribution in [-0.2, 0) is 19.1 Å². The lowest BCUT2D eigenvalue weighted by Gasteiger charge is -2.14. The molecule has 0 aliphatic carbocycles. The van der Waals surface area contributed by atoms with Crippen LogP contribution in [0.5, 0.6) is 0 Å². The number of aromatic nitrogens is 1. The van der Waals surface area contributed by atoms with Gasteiger partial charge in [-0.05, 0) is 42.8 Å². The molecule has 1 saturated heterocycles. The van der Waals surface area contributed by atoms with E-state index < -0.39 is 24.0 Å². The minimum absolute atomic E-state index is 0.198. The first-order chi connectivity index (χ1) is 14.4. The summed E-state index contributed by atoms with van der Waals surface area (Å²) in [4.78, 5) is 35.8. The van der Waals surface area contributed by atoms with E-state index in [0.29, 0.717) is 17.9 Å². The van der Waals surface area contributed by atoms with Crippen LogP contribution in [0.3, 0.4) is 0 Å². The third kappa shape index (κ3) is 5.05. The first-order valence-corrected chi connectivity index (χ1v) is 9.42. The van der Waals surface area contributed by atoms with E-state index in [1.807, 2.05) is 0 Å². The molecule has 0 bridgehead atoms. The highest BCUT2D eigenvalue weighted by atomic mass is 19.1. The maximum Gasteiger partial charge on any atom is 0.414 e. The first-order valence-electron chi connectivity index (χ1n) is 9.42. The van der Waals surface area contributed by atoms with Crippen molar-refractivity contribution in [3.05, 3.63) is 54.1 Å². The number of hydrogen-bond acceptors (Lipinski definition) is 5. The number of amides is 2. The van der Waals surface area contributed by atoms with Gasteiger partial charge in [0.05, 0.1) is 31.1 Å². The number of nitrogens with zero attached hydrogens (tertiary/aromatic N) is 2. The SMILES string of the molecule is CCOC(=O)/C=C/c1ccn(-c2ccc(N3C[C@H](CNC(C)=O)OC3=O)cc2F)c1. The van der Waals surface area contributed by atoms with Crippen LogP contribution in [0.25, 0.3) is 11.8 Å². The van der Waals surface area contributed by atoms with Crippen LogP contribution in [0.2, 0.25) is 0 Å². The number of ether oxygens (including phenoxy) is 2. The predicted molar refractivity (Wildman–Crippen MR) is 108 cm³/mol. The van der Waals surface area contributed by atoms with Crippen LogP contribution in [0.4, 0.5) is 14.9 Å². The standard InChI is InChI=1S/C21H22FN3O5/c1-3-29-20(27)7-4-15-8-9-24(12-15)19-6-5-16(10-18(19)22)25-13-17(30-21(25)28)11-23-14(2)26/h4-10,12,17H,3,11,13H2,1-2H3,(H,23,26)/b7-4+/t17-/m0/s1. The van der Waals surface area contributed by atoms with E-state index in [2.05, 4.69) is 5.32 Å². The first kappa shape index (κ1) is 21.1. The monoisotopic (exact) mass is 415 g/mol. The lowest BCUT2D eigenvalue weighted by atomic mass is 10.2. The van der Waals surface area contributed by atoms with Gasteiger partial charge in [-0.15, -0.1) is 0 Å². The van der Waals surface area contributed by atoms with Gasteiger partial charge in [-0.25, -0.2) is 14.0 Å². The van der Waals surface area contributed by atoms with Crippen molar-refractivity contribution < 1.29 is 28.2 Å². The maximum absolute atomic E-state index is 14.7. The Morgan fingerprint density at radius 1 is 1.37 bits per heavy atom. The zero-order chi connectivity index (χ0) is 21.7. The minimum Gasteiger partial charge on any atom is -0.463 e. The number of anilines is 1. The molecule has 2 aromatic rings. The highest BCUT2D eigenvalue weighted by Crippen LogP contribution is 2.26. The van der Waals surface area contributed by atoms with E-state index in [4.69, 9.17) is 9.47 Å². The molecule has 1 fully saturated rings. The third-order valence-electron chi connectivity index (χ3n) is 4.39. The van der Waals surface area contributed by atoms with Crippen LogP contribution in [0, 0.1) is 5.82 Å². The Morgan fingerprint density at radius 2 is 2.17 bits per heavy atom. The fourth-order valence-corrected chi connectivity index (χ4v) is 2.99. The highest BCUT2D eigenvalue weighted by molar-refractivity contribution is 5.90. The molecule has 8 nitrogen and oxygen atoms in total. The summed E-state index contributed by atoms with van der Waals surface area (Å²) in [5.41, 5.74) is 1.36. The lowest BCUT2D eigenvalue weighted by Crippen LogP contribution is -2.33. The van der Waals surface area contributed by atoms with Crippen LogP contribution in [0.1, 0.15) is 19.4 Å². The van der Waals surface area contributed by atoms with E-state index >= 15 is 0 Å². The highest BCUT2D eigenvalue weighted by Gasteiger charge is 2.32. The van der Waals surface area contributed by atoms with E-state index in [0.717, 1.165) is 0 Å². The van der Waals surface area contributed by atoms with Crippen molar-refractivity contribution in [1.29, 1.82) is 0 Å². The number of rotatable bonds is 7. The number of cyclic esters (lactones) is 1. The Kier molecular flexibility index (Phi) is 6.51. The summed E-state index contributed by atoms with van der Waals surface area (Å²) in [6.07, 6.45) is 5.12. The Labute approximate surface area is 172 Å². The summed E-state index contributed by atoms with van der Waals surface area (Å²) < 4.78 is 26.3. The number of benzene rings is 1. The average molecular weight is 415 g/mol. The van der Waals surface area contributed by atoms with E-state index in [-0.39, 0.29) is 24.7 Å². The molecule has 2 amide bonds. The van der Waals surface area contributed by atoms with Crippen molar-refractivity contribution in [3.8, 4) is 5.69 Å². The largest absolute Gasteiger partial charge is 0.463 e. The van der Waals surface area contributed by atoms with Crippen molar-refractivity contribution in [3.63, 3.8) is 0 Å². The minimum atomic E-state index is -0.593. The number of nitrogens with one attached hydrogen (secondary N) is 1. The topological polar surface area (TPSA) is 89.9 Å². The summed E-state index contributed by atoms with van der Waals surface area (Å²) >= 11 is 0. The molecule has 0 saturated carbocycles. The molecule has 1 atom stereocenters. The molecule has 1 aromatic carbocycles. The zero-order valence-electron chi connectivity index (χ0n) is 16.6. The molecule has 0 radical (unpaired) electrons. The molecular weight excluding hydrogens is 393 g/mol. The molecule has 1 aliphatic heterocycles. The Balaban J connectivity index is 1.71. The number of carbonyl (C=O) groups excluding carboxylic acids is 3. The number of halogens is 1. The van der Waals surface area contributed by atoms with E-state index in [1.54, 1.807) is 48.2 Å². The summed E-state index contributed by atoms with van der Waals surface area (Å²) in [6.45, 7) is 3.80. The second-order valence-corrected chi connectivity index (χ2v) is 6.63. The molecule has 30 heavy (non-hydrogen) atoms. The van der Waals surface area contributed by atoms with E-state index in [1.165, 1.54) is 24.0 Å². The maximum atomic E-state index is 14.7. The molecule has 2 heterocycles. The third-order valence-corrected chi connectivity index (χ3v) is 4.39. The quantitative estimate of drug-likeness (QED) is 0.555. The van der Waals surface area contributed by atoms with Gasteiger partial charge in [-0.2, -0.15) is 0 Å². The van der Waals surface area contributed by atoms with Gasteiger partial charge in [0.15, 0.2) is 0 Å². The summed E-state index contributed by atoms with van der Waals surface area (Å²) in [5.74, 6) is -1.19. The molecule has 158 valence electrons. The molecule has 9 heteroatoms. The fourth-order valence-electron chi connectivity index (χ4n) is 2.99. The second-order valence-electron chi connectivity index (χ2n) is 6.63. The number of esters is 1. The van der Waals surface area contributed by atoms with Crippen LogP contribution >= 0.6 is 0 Å². The molecule has 0 spiro atoms. The molecule has 3 rings (SSSR count). The van der Waals surface area contributed by atoms with E-state index in [9.17, 15) is 18.8 Å². The van der Waals surface area contributed by atoms with Crippen LogP contribution in [0.15, 0.2) is 42.7 Å². The van der Waals surface area contributed by atoms with Gasteiger partial charge in [0.1, 0.15) is 11.9 Å². The predicted octanol–water partition coefficient (Wildman–Crippen LogP) is 2.65. The normalized spacial score (nSPS) is 16.0. The van der Waals surface area contributed by atoms with Crippen molar-refractivity contribution in [2.24, 2.45) is 0 Å².